The summed E-state index contributed by atoms with van der Waals surface area (Å²) in [6, 6.07) is 2.93. The van der Waals surface area contributed by atoms with Gasteiger partial charge in [0.1, 0.15) is 6.04 Å². The topological polar surface area (TPSA) is 85.3 Å². The lowest BCUT2D eigenvalue weighted by Gasteiger charge is -2.06. The van der Waals surface area contributed by atoms with Crippen molar-refractivity contribution in [3.8, 4) is 0 Å². The van der Waals surface area contributed by atoms with Gasteiger partial charge in [-0.25, -0.2) is 4.52 Å². The molecule has 1 amide bonds. The third-order valence-corrected chi connectivity index (χ3v) is 2.29. The molecule has 0 bridgehead atoms. The Labute approximate surface area is 96.4 Å². The van der Waals surface area contributed by atoms with Gasteiger partial charge in [0.15, 0.2) is 5.65 Å². The lowest BCUT2D eigenvalue weighted by atomic mass is 10.3. The summed E-state index contributed by atoms with van der Waals surface area (Å²) >= 11 is 5.80. The van der Waals surface area contributed by atoms with Gasteiger partial charge < -0.3 is 11.1 Å². The molecular formula is C9H10ClN5O. The lowest BCUT2D eigenvalue weighted by molar-refractivity contribution is -0.118. The van der Waals surface area contributed by atoms with E-state index >= 15 is 0 Å². The predicted molar refractivity (Wildman–Crippen MR) is 60.3 cm³/mol. The second-order valence-corrected chi connectivity index (χ2v) is 3.79. The van der Waals surface area contributed by atoms with Gasteiger partial charge in [-0.05, 0) is 19.1 Å². The van der Waals surface area contributed by atoms with Gasteiger partial charge in [0.05, 0.1) is 5.02 Å². The fourth-order valence-electron chi connectivity index (χ4n) is 1.18. The maximum atomic E-state index is 10.8. The molecule has 2 rings (SSSR count). The van der Waals surface area contributed by atoms with Crippen LogP contribution in [-0.2, 0) is 4.79 Å². The molecule has 0 saturated carbocycles. The van der Waals surface area contributed by atoms with E-state index in [2.05, 4.69) is 15.4 Å². The molecule has 16 heavy (non-hydrogen) atoms. The number of halogens is 1. The average molecular weight is 240 g/mol. The highest BCUT2D eigenvalue weighted by Crippen LogP contribution is 2.11. The summed E-state index contributed by atoms with van der Waals surface area (Å²) in [6.07, 6.45) is 1.63. The number of fused-ring (bicyclic) bond motifs is 1. The smallest absolute Gasteiger partial charge is 0.243 e. The number of carbonyl (C=O) groups excluding carboxylic acids is 1. The molecule has 84 valence electrons. The fourth-order valence-corrected chi connectivity index (χ4v) is 1.34. The molecule has 0 fully saturated rings. The third-order valence-electron chi connectivity index (χ3n) is 2.07. The van der Waals surface area contributed by atoms with Crippen LogP contribution in [0.2, 0.25) is 5.02 Å². The maximum absolute atomic E-state index is 10.8. The van der Waals surface area contributed by atoms with Crippen LogP contribution in [0.1, 0.15) is 6.92 Å². The molecule has 0 aliphatic rings. The molecule has 0 aliphatic heterocycles. The number of hydrogen-bond acceptors (Lipinski definition) is 4. The number of aromatic nitrogens is 3. The first-order chi connectivity index (χ1) is 7.56. The van der Waals surface area contributed by atoms with Crippen molar-refractivity contribution in [2.45, 2.75) is 13.0 Å². The first-order valence-electron chi connectivity index (χ1n) is 4.64. The number of pyridine rings is 1. The summed E-state index contributed by atoms with van der Waals surface area (Å²) in [5.74, 6) is -0.120. The van der Waals surface area contributed by atoms with Crippen molar-refractivity contribution in [1.29, 1.82) is 0 Å². The van der Waals surface area contributed by atoms with E-state index in [1.807, 2.05) is 0 Å². The maximum Gasteiger partial charge on any atom is 0.243 e. The van der Waals surface area contributed by atoms with Crippen LogP contribution in [0.25, 0.3) is 5.65 Å². The van der Waals surface area contributed by atoms with Crippen molar-refractivity contribution < 1.29 is 4.79 Å². The van der Waals surface area contributed by atoms with Crippen molar-refractivity contribution in [3.63, 3.8) is 0 Å². The number of nitrogens with zero attached hydrogens (tertiary/aromatic N) is 3. The molecule has 6 nitrogen and oxygen atoms in total. The molecule has 7 heteroatoms. The lowest BCUT2D eigenvalue weighted by Crippen LogP contribution is -2.32. The molecule has 3 N–H and O–H groups in total. The Kier molecular flexibility index (Phi) is 2.66. The second-order valence-electron chi connectivity index (χ2n) is 3.35. The largest absolute Gasteiger partial charge is 0.368 e. The van der Waals surface area contributed by atoms with Gasteiger partial charge in [0.25, 0.3) is 0 Å². The van der Waals surface area contributed by atoms with Crippen LogP contribution >= 0.6 is 11.6 Å². The highest BCUT2D eigenvalue weighted by atomic mass is 35.5. The predicted octanol–water partition coefficient (Wildman–Crippen LogP) is 0.668. The molecule has 2 aromatic heterocycles. The van der Waals surface area contributed by atoms with Crippen molar-refractivity contribution in [1.82, 2.24) is 14.6 Å². The van der Waals surface area contributed by atoms with Gasteiger partial charge in [-0.2, -0.15) is 4.98 Å². The number of rotatable bonds is 3. The van der Waals surface area contributed by atoms with Crippen molar-refractivity contribution in [3.05, 3.63) is 23.4 Å². The van der Waals surface area contributed by atoms with Crippen LogP contribution in [0.5, 0.6) is 0 Å². The molecule has 1 atom stereocenters. The van der Waals surface area contributed by atoms with Gasteiger partial charge in [-0.1, -0.05) is 11.6 Å². The minimum Gasteiger partial charge on any atom is -0.368 e. The van der Waals surface area contributed by atoms with Crippen LogP contribution in [0.4, 0.5) is 5.95 Å². The Balaban J connectivity index is 2.29. The van der Waals surface area contributed by atoms with Crippen molar-refractivity contribution in [2.75, 3.05) is 5.32 Å². The van der Waals surface area contributed by atoms with Crippen LogP contribution in [0, 0.1) is 0 Å². The highest BCUT2D eigenvalue weighted by Gasteiger charge is 2.11. The molecule has 0 aromatic carbocycles. The fraction of sp³-hybridized carbons (Fsp3) is 0.222. The molecule has 0 aliphatic carbocycles. The average Bonchev–Trinajstić information content (AvgIpc) is 2.58. The summed E-state index contributed by atoms with van der Waals surface area (Å²) in [5, 5.41) is 7.45. The third kappa shape index (κ3) is 2.06. The van der Waals surface area contributed by atoms with Crippen LogP contribution in [0.3, 0.4) is 0 Å². The Morgan fingerprint density at radius 3 is 3.06 bits per heavy atom. The number of nitrogens with two attached hydrogens (primary N) is 1. The van der Waals surface area contributed by atoms with Crippen molar-refractivity contribution >= 4 is 29.1 Å². The number of amides is 1. The molecule has 2 aromatic rings. The number of primary amides is 1. The van der Waals surface area contributed by atoms with E-state index in [0.717, 1.165) is 0 Å². The Hall–Kier alpha value is -1.82. The van der Waals surface area contributed by atoms with Crippen LogP contribution in [0.15, 0.2) is 18.3 Å². The molecule has 1 unspecified atom stereocenters. The molecular weight excluding hydrogens is 230 g/mol. The Morgan fingerprint density at radius 2 is 2.38 bits per heavy atom. The van der Waals surface area contributed by atoms with E-state index in [1.54, 1.807) is 25.3 Å². The Morgan fingerprint density at radius 1 is 1.62 bits per heavy atom. The molecule has 0 spiro atoms. The van der Waals surface area contributed by atoms with E-state index in [4.69, 9.17) is 17.3 Å². The monoisotopic (exact) mass is 239 g/mol. The first kappa shape index (κ1) is 10.7. The standard InChI is InChI=1S/C9H10ClN5O/c1-5(8(11)16)12-9-13-7-3-2-6(10)4-15(7)14-9/h2-5H,1H3,(H2,11,16)(H,12,14). The summed E-state index contributed by atoms with van der Waals surface area (Å²) in [6.45, 7) is 1.64. The zero-order valence-corrected chi connectivity index (χ0v) is 9.27. The SMILES string of the molecule is CC(Nc1nc2ccc(Cl)cn2n1)C(N)=O. The highest BCUT2D eigenvalue weighted by molar-refractivity contribution is 6.30. The van der Waals surface area contributed by atoms with E-state index in [-0.39, 0.29) is 0 Å². The molecule has 2 heterocycles. The van der Waals surface area contributed by atoms with E-state index in [1.165, 1.54) is 4.52 Å². The summed E-state index contributed by atoms with van der Waals surface area (Å²) < 4.78 is 1.53. The number of nitrogens with one attached hydrogen (secondary N) is 1. The van der Waals surface area contributed by atoms with Gasteiger partial charge in [0, 0.05) is 6.20 Å². The summed E-state index contributed by atoms with van der Waals surface area (Å²) in [4.78, 5) is 15.0. The second kappa shape index (κ2) is 3.97. The zero-order chi connectivity index (χ0) is 11.7. The van der Waals surface area contributed by atoms with Crippen molar-refractivity contribution in [2.24, 2.45) is 5.73 Å². The zero-order valence-electron chi connectivity index (χ0n) is 8.51. The number of carbonyl (C=O) groups is 1. The van der Waals surface area contributed by atoms with E-state index in [0.29, 0.717) is 16.6 Å². The quantitative estimate of drug-likeness (QED) is 0.824. The van der Waals surface area contributed by atoms with Crippen LogP contribution < -0.4 is 11.1 Å². The molecule has 0 saturated heterocycles. The number of anilines is 1. The normalized spacial score (nSPS) is 12.6. The van der Waals surface area contributed by atoms with Gasteiger partial charge >= 0.3 is 0 Å². The Bertz CT molecular complexity index is 538. The summed E-state index contributed by atoms with van der Waals surface area (Å²) in [7, 11) is 0. The minimum atomic E-state index is -0.520. The van der Waals surface area contributed by atoms with E-state index < -0.39 is 11.9 Å². The number of hydrogen-bond donors (Lipinski definition) is 2. The van der Waals surface area contributed by atoms with E-state index in [9.17, 15) is 4.79 Å². The van der Waals surface area contributed by atoms with Gasteiger partial charge in [0.2, 0.25) is 11.9 Å². The first-order valence-corrected chi connectivity index (χ1v) is 5.02. The minimum absolute atomic E-state index is 0.341. The van der Waals surface area contributed by atoms with Gasteiger partial charge in [-0.3, -0.25) is 4.79 Å². The summed E-state index contributed by atoms with van der Waals surface area (Å²) in [5.41, 5.74) is 5.76. The molecule has 0 radical (unpaired) electrons. The van der Waals surface area contributed by atoms with Gasteiger partial charge in [-0.15, -0.1) is 5.10 Å². The van der Waals surface area contributed by atoms with Crippen LogP contribution in [-0.4, -0.2) is 26.5 Å².